The molecule has 2 N–H and O–H groups in total. The van der Waals surface area contributed by atoms with Crippen LogP contribution in [0.4, 0.5) is 17.1 Å². The maximum Gasteiger partial charge on any atom is 0.269 e. The molecular weight excluding hydrogens is 294 g/mol. The second-order valence-corrected chi connectivity index (χ2v) is 5.41. The van der Waals surface area contributed by atoms with Gasteiger partial charge in [0.2, 0.25) is 5.91 Å². The van der Waals surface area contributed by atoms with Crippen molar-refractivity contribution in [3.05, 3.63) is 63.7 Å². The van der Waals surface area contributed by atoms with Crippen molar-refractivity contribution in [3.8, 4) is 0 Å². The van der Waals surface area contributed by atoms with E-state index in [0.29, 0.717) is 5.69 Å². The average Bonchev–Trinajstić information content (AvgIpc) is 2.52. The van der Waals surface area contributed by atoms with E-state index in [2.05, 4.69) is 10.6 Å². The van der Waals surface area contributed by atoms with Gasteiger partial charge < -0.3 is 10.6 Å². The summed E-state index contributed by atoms with van der Waals surface area (Å²) in [5, 5.41) is 16.5. The number of nitrogens with one attached hydrogen (secondary N) is 2. The van der Waals surface area contributed by atoms with Crippen molar-refractivity contribution in [2.75, 3.05) is 10.6 Å². The number of hydrogen-bond acceptors (Lipinski definition) is 4. The van der Waals surface area contributed by atoms with Crippen molar-refractivity contribution in [1.29, 1.82) is 0 Å². The highest BCUT2D eigenvalue weighted by Crippen LogP contribution is 2.20. The first-order chi connectivity index (χ1) is 10.9. The van der Waals surface area contributed by atoms with Crippen molar-refractivity contribution in [2.24, 2.45) is 0 Å². The smallest absolute Gasteiger partial charge is 0.269 e. The lowest BCUT2D eigenvalue weighted by molar-refractivity contribution is -0.384. The van der Waals surface area contributed by atoms with E-state index in [1.54, 1.807) is 6.92 Å². The predicted molar refractivity (Wildman–Crippen MR) is 90.7 cm³/mol. The number of benzene rings is 2. The molecule has 2 aromatic rings. The Morgan fingerprint density at radius 3 is 2.39 bits per heavy atom. The van der Waals surface area contributed by atoms with E-state index in [9.17, 15) is 14.9 Å². The van der Waals surface area contributed by atoms with Crippen LogP contribution in [0.2, 0.25) is 0 Å². The van der Waals surface area contributed by atoms with Crippen LogP contribution in [-0.4, -0.2) is 16.9 Å². The summed E-state index contributed by atoms with van der Waals surface area (Å²) in [5.41, 5.74) is 3.68. The number of non-ortho nitro benzene ring substituents is 1. The van der Waals surface area contributed by atoms with E-state index in [4.69, 9.17) is 0 Å². The zero-order chi connectivity index (χ0) is 17.0. The largest absolute Gasteiger partial charge is 0.374 e. The molecule has 1 amide bonds. The number of carbonyl (C=O) groups excluding carboxylic acids is 1. The molecule has 0 aliphatic carbocycles. The Hall–Kier alpha value is -2.89. The number of nitrogens with zero attached hydrogens (tertiary/aromatic N) is 1. The molecule has 0 aromatic heterocycles. The van der Waals surface area contributed by atoms with E-state index >= 15 is 0 Å². The number of anilines is 2. The Labute approximate surface area is 134 Å². The highest BCUT2D eigenvalue weighted by molar-refractivity contribution is 5.96. The van der Waals surface area contributed by atoms with Gasteiger partial charge in [0.05, 0.1) is 4.92 Å². The second kappa shape index (κ2) is 6.91. The maximum absolute atomic E-state index is 12.2. The molecule has 120 valence electrons. The third kappa shape index (κ3) is 4.06. The van der Waals surface area contributed by atoms with E-state index in [-0.39, 0.29) is 11.6 Å². The summed E-state index contributed by atoms with van der Waals surface area (Å²) < 4.78 is 0. The first-order valence-electron chi connectivity index (χ1n) is 7.26. The molecule has 6 heteroatoms. The molecule has 0 aliphatic heterocycles. The molecule has 2 rings (SSSR count). The van der Waals surface area contributed by atoms with Crippen molar-refractivity contribution in [2.45, 2.75) is 26.8 Å². The summed E-state index contributed by atoms with van der Waals surface area (Å²) in [6.45, 7) is 5.78. The van der Waals surface area contributed by atoms with Crippen molar-refractivity contribution in [3.63, 3.8) is 0 Å². The van der Waals surface area contributed by atoms with Crippen molar-refractivity contribution < 1.29 is 9.72 Å². The number of aryl methyl sites for hydroxylation is 1. The SMILES string of the molecule is Cc1cccc(NC(C)C(=O)Nc2ccc([N+](=O)[O-])cc2)c1C. The third-order valence-electron chi connectivity index (χ3n) is 3.72. The zero-order valence-electron chi connectivity index (χ0n) is 13.3. The number of amides is 1. The number of rotatable bonds is 5. The van der Waals surface area contributed by atoms with Gasteiger partial charge in [-0.3, -0.25) is 14.9 Å². The fourth-order valence-corrected chi connectivity index (χ4v) is 2.12. The molecule has 0 heterocycles. The third-order valence-corrected chi connectivity index (χ3v) is 3.72. The van der Waals surface area contributed by atoms with Gasteiger partial charge in [-0.25, -0.2) is 0 Å². The molecule has 6 nitrogen and oxygen atoms in total. The summed E-state index contributed by atoms with van der Waals surface area (Å²) in [6.07, 6.45) is 0. The Bertz CT molecular complexity index is 726. The Morgan fingerprint density at radius 2 is 1.78 bits per heavy atom. The lowest BCUT2D eigenvalue weighted by Crippen LogP contribution is -2.32. The molecule has 0 radical (unpaired) electrons. The van der Waals surface area contributed by atoms with Crippen LogP contribution in [-0.2, 0) is 4.79 Å². The van der Waals surface area contributed by atoms with Crippen molar-refractivity contribution in [1.82, 2.24) is 0 Å². The zero-order valence-corrected chi connectivity index (χ0v) is 13.3. The van der Waals surface area contributed by atoms with Crippen LogP contribution in [0, 0.1) is 24.0 Å². The van der Waals surface area contributed by atoms with Crippen LogP contribution in [0.1, 0.15) is 18.1 Å². The molecule has 0 spiro atoms. The highest BCUT2D eigenvalue weighted by atomic mass is 16.6. The number of nitro benzene ring substituents is 1. The molecule has 0 aliphatic rings. The fraction of sp³-hybridized carbons (Fsp3) is 0.235. The van der Waals surface area contributed by atoms with Gasteiger partial charge in [0.15, 0.2) is 0 Å². The topological polar surface area (TPSA) is 84.3 Å². The molecule has 23 heavy (non-hydrogen) atoms. The number of nitro groups is 1. The quantitative estimate of drug-likeness (QED) is 0.652. The first-order valence-corrected chi connectivity index (χ1v) is 7.26. The molecule has 1 atom stereocenters. The standard InChI is InChI=1S/C17H19N3O3/c1-11-5-4-6-16(12(11)2)18-13(3)17(21)19-14-7-9-15(10-8-14)20(22)23/h4-10,13,18H,1-3H3,(H,19,21). The normalized spacial score (nSPS) is 11.6. The molecular formula is C17H19N3O3. The fourth-order valence-electron chi connectivity index (χ4n) is 2.12. The van der Waals surface area contributed by atoms with E-state index in [1.165, 1.54) is 24.3 Å². The first kappa shape index (κ1) is 16.5. The molecule has 2 aromatic carbocycles. The molecule has 0 bridgehead atoms. The Morgan fingerprint density at radius 1 is 1.13 bits per heavy atom. The van der Waals surface area contributed by atoms with Gasteiger partial charge in [-0.2, -0.15) is 0 Å². The van der Waals surface area contributed by atoms with E-state index in [0.717, 1.165) is 16.8 Å². The summed E-state index contributed by atoms with van der Waals surface area (Å²) in [6, 6.07) is 11.2. The number of hydrogen-bond donors (Lipinski definition) is 2. The lowest BCUT2D eigenvalue weighted by Gasteiger charge is -2.17. The molecule has 0 saturated heterocycles. The van der Waals surface area contributed by atoms with Crippen LogP contribution < -0.4 is 10.6 Å². The Kier molecular flexibility index (Phi) is 4.95. The van der Waals surface area contributed by atoms with Crippen molar-refractivity contribution >= 4 is 23.0 Å². The van der Waals surface area contributed by atoms with Gasteiger partial charge in [0, 0.05) is 23.5 Å². The van der Waals surface area contributed by atoms with Crippen LogP contribution >= 0.6 is 0 Å². The maximum atomic E-state index is 12.2. The average molecular weight is 313 g/mol. The minimum atomic E-state index is -0.476. The Balaban J connectivity index is 2.02. The highest BCUT2D eigenvalue weighted by Gasteiger charge is 2.14. The van der Waals surface area contributed by atoms with E-state index in [1.807, 2.05) is 32.0 Å². The van der Waals surface area contributed by atoms with Gasteiger partial charge >= 0.3 is 0 Å². The van der Waals surface area contributed by atoms with Crippen LogP contribution in [0.3, 0.4) is 0 Å². The molecule has 1 unspecified atom stereocenters. The molecule has 0 fully saturated rings. The summed E-state index contributed by atoms with van der Waals surface area (Å²) >= 11 is 0. The summed E-state index contributed by atoms with van der Waals surface area (Å²) in [7, 11) is 0. The predicted octanol–water partition coefficient (Wildman–Crippen LogP) is 3.65. The second-order valence-electron chi connectivity index (χ2n) is 5.41. The van der Waals surface area contributed by atoms with Crippen LogP contribution in [0.25, 0.3) is 0 Å². The monoisotopic (exact) mass is 313 g/mol. The van der Waals surface area contributed by atoms with Gasteiger partial charge in [0.25, 0.3) is 5.69 Å². The summed E-state index contributed by atoms with van der Waals surface area (Å²) in [5.74, 6) is -0.209. The minimum Gasteiger partial charge on any atom is -0.374 e. The lowest BCUT2D eigenvalue weighted by atomic mass is 10.1. The minimum absolute atomic E-state index is 0.00967. The van der Waals surface area contributed by atoms with Crippen LogP contribution in [0.5, 0.6) is 0 Å². The number of carbonyl (C=O) groups is 1. The van der Waals surface area contributed by atoms with E-state index < -0.39 is 11.0 Å². The van der Waals surface area contributed by atoms with Gasteiger partial charge in [-0.05, 0) is 50.1 Å². The van der Waals surface area contributed by atoms with Gasteiger partial charge in [0.1, 0.15) is 6.04 Å². The van der Waals surface area contributed by atoms with Gasteiger partial charge in [-0.1, -0.05) is 12.1 Å². The molecule has 0 saturated carbocycles. The summed E-state index contributed by atoms with van der Waals surface area (Å²) in [4.78, 5) is 22.4. The van der Waals surface area contributed by atoms with Crippen LogP contribution in [0.15, 0.2) is 42.5 Å². The van der Waals surface area contributed by atoms with Gasteiger partial charge in [-0.15, -0.1) is 0 Å².